The maximum atomic E-state index is 6.53. The standard InChI is InChI=1S/C21H28O5/c1-21-10-9-15-18(13-23-20(25-15)14-6-3-2-4-7-14)24-19(21)12-17-16(26-21)8-5-11-22-17/h2-4,6-7,15-20H,5,8-13H2,1H3/t15-,16-,17+,18+,19-,20+,21+/m0/s1. The van der Waals surface area contributed by atoms with Gasteiger partial charge in [-0.25, -0.2) is 0 Å². The summed E-state index contributed by atoms with van der Waals surface area (Å²) in [5.41, 5.74) is 0.805. The molecule has 0 bridgehead atoms. The second-order valence-corrected chi connectivity index (χ2v) is 8.21. The molecule has 0 saturated carbocycles. The van der Waals surface area contributed by atoms with Gasteiger partial charge in [-0.1, -0.05) is 30.3 Å². The molecule has 0 unspecified atom stereocenters. The van der Waals surface area contributed by atoms with E-state index in [0.717, 1.165) is 44.3 Å². The molecule has 4 heterocycles. The van der Waals surface area contributed by atoms with Crippen molar-refractivity contribution in [3.8, 4) is 0 Å². The molecule has 142 valence electrons. The minimum Gasteiger partial charge on any atom is -0.375 e. The quantitative estimate of drug-likeness (QED) is 0.768. The first kappa shape index (κ1) is 17.1. The number of ether oxygens (including phenoxy) is 5. The summed E-state index contributed by atoms with van der Waals surface area (Å²) in [5, 5.41) is 0. The Morgan fingerprint density at radius 1 is 0.923 bits per heavy atom. The van der Waals surface area contributed by atoms with Gasteiger partial charge in [0.2, 0.25) is 0 Å². The van der Waals surface area contributed by atoms with Crippen LogP contribution in [-0.4, -0.2) is 49.3 Å². The van der Waals surface area contributed by atoms with Crippen molar-refractivity contribution in [2.75, 3.05) is 13.2 Å². The fourth-order valence-electron chi connectivity index (χ4n) is 4.85. The van der Waals surface area contributed by atoms with Crippen LogP contribution in [-0.2, 0) is 23.7 Å². The SMILES string of the molecule is C[C@@]12CC[C@@H]3O[C@H](c4ccccc4)OC[C@H]3O[C@H]1C[C@H]1OCCC[C@@H]1O2. The van der Waals surface area contributed by atoms with E-state index < -0.39 is 0 Å². The van der Waals surface area contributed by atoms with Crippen molar-refractivity contribution in [1.29, 1.82) is 0 Å². The van der Waals surface area contributed by atoms with Crippen LogP contribution in [0.15, 0.2) is 30.3 Å². The minimum absolute atomic E-state index is 0.0365. The van der Waals surface area contributed by atoms with Crippen molar-refractivity contribution < 1.29 is 23.7 Å². The lowest BCUT2D eigenvalue weighted by atomic mass is 9.83. The van der Waals surface area contributed by atoms with Crippen LogP contribution in [0.1, 0.15) is 50.9 Å². The van der Waals surface area contributed by atoms with Crippen LogP contribution >= 0.6 is 0 Å². The van der Waals surface area contributed by atoms with E-state index in [1.54, 1.807) is 0 Å². The molecule has 0 aromatic heterocycles. The smallest absolute Gasteiger partial charge is 0.184 e. The maximum Gasteiger partial charge on any atom is 0.184 e. The van der Waals surface area contributed by atoms with E-state index in [2.05, 4.69) is 19.1 Å². The Kier molecular flexibility index (Phi) is 4.53. The molecule has 0 aliphatic carbocycles. The van der Waals surface area contributed by atoms with E-state index in [1.165, 1.54) is 0 Å². The van der Waals surface area contributed by atoms with Gasteiger partial charge in [0.05, 0.1) is 36.6 Å². The van der Waals surface area contributed by atoms with Crippen molar-refractivity contribution in [2.24, 2.45) is 0 Å². The Hall–Kier alpha value is -0.980. The van der Waals surface area contributed by atoms with E-state index in [1.807, 2.05) is 18.2 Å². The van der Waals surface area contributed by atoms with Crippen LogP contribution in [0, 0.1) is 0 Å². The first-order chi connectivity index (χ1) is 12.7. The zero-order chi connectivity index (χ0) is 17.6. The predicted molar refractivity (Wildman–Crippen MR) is 94.8 cm³/mol. The van der Waals surface area contributed by atoms with Crippen LogP contribution in [0.4, 0.5) is 0 Å². The topological polar surface area (TPSA) is 46.2 Å². The second kappa shape index (κ2) is 6.88. The van der Waals surface area contributed by atoms with Gasteiger partial charge in [0, 0.05) is 18.6 Å². The molecule has 1 aromatic rings. The Labute approximate surface area is 154 Å². The molecule has 4 fully saturated rings. The second-order valence-electron chi connectivity index (χ2n) is 8.21. The van der Waals surface area contributed by atoms with E-state index in [-0.39, 0.29) is 42.4 Å². The van der Waals surface area contributed by atoms with Crippen molar-refractivity contribution in [3.05, 3.63) is 35.9 Å². The Morgan fingerprint density at radius 3 is 2.69 bits per heavy atom. The van der Waals surface area contributed by atoms with Gasteiger partial charge >= 0.3 is 0 Å². The lowest BCUT2D eigenvalue weighted by Gasteiger charge is -2.49. The third-order valence-electron chi connectivity index (χ3n) is 6.39. The van der Waals surface area contributed by atoms with Crippen molar-refractivity contribution in [3.63, 3.8) is 0 Å². The maximum absolute atomic E-state index is 6.53. The molecule has 0 spiro atoms. The van der Waals surface area contributed by atoms with E-state index in [0.29, 0.717) is 6.61 Å². The fraction of sp³-hybridized carbons (Fsp3) is 0.714. The van der Waals surface area contributed by atoms with E-state index in [9.17, 15) is 0 Å². The van der Waals surface area contributed by atoms with Gasteiger partial charge in [-0.3, -0.25) is 0 Å². The Bertz CT molecular complexity index is 622. The molecule has 5 heteroatoms. The Morgan fingerprint density at radius 2 is 1.81 bits per heavy atom. The highest BCUT2D eigenvalue weighted by molar-refractivity contribution is 5.16. The summed E-state index contributed by atoms with van der Waals surface area (Å²) in [5.74, 6) is 0. The van der Waals surface area contributed by atoms with Gasteiger partial charge in [-0.05, 0) is 32.6 Å². The number of fused-ring (bicyclic) bond motifs is 3. The molecule has 26 heavy (non-hydrogen) atoms. The molecular weight excluding hydrogens is 332 g/mol. The molecular formula is C21H28O5. The molecule has 1 aromatic carbocycles. The van der Waals surface area contributed by atoms with Crippen molar-refractivity contribution in [1.82, 2.24) is 0 Å². The first-order valence-corrected chi connectivity index (χ1v) is 9.98. The largest absolute Gasteiger partial charge is 0.375 e. The zero-order valence-electron chi connectivity index (χ0n) is 15.3. The van der Waals surface area contributed by atoms with Crippen LogP contribution in [0.2, 0.25) is 0 Å². The van der Waals surface area contributed by atoms with Crippen LogP contribution in [0.3, 0.4) is 0 Å². The molecule has 0 radical (unpaired) electrons. The van der Waals surface area contributed by atoms with Gasteiger partial charge in [-0.2, -0.15) is 0 Å². The molecule has 0 N–H and O–H groups in total. The average Bonchev–Trinajstić information content (AvgIpc) is 2.82. The summed E-state index contributed by atoms with van der Waals surface area (Å²) in [7, 11) is 0. The number of rotatable bonds is 1. The van der Waals surface area contributed by atoms with E-state index in [4.69, 9.17) is 23.7 Å². The lowest BCUT2D eigenvalue weighted by molar-refractivity contribution is -0.291. The highest BCUT2D eigenvalue weighted by Gasteiger charge is 2.52. The van der Waals surface area contributed by atoms with Gasteiger partial charge in [0.1, 0.15) is 6.10 Å². The normalized spacial score (nSPS) is 45.7. The molecule has 5 nitrogen and oxygen atoms in total. The van der Waals surface area contributed by atoms with Crippen molar-refractivity contribution >= 4 is 0 Å². The van der Waals surface area contributed by atoms with Gasteiger partial charge in [0.15, 0.2) is 6.29 Å². The summed E-state index contributed by atoms with van der Waals surface area (Å²) < 4.78 is 31.3. The zero-order valence-corrected chi connectivity index (χ0v) is 15.3. The molecule has 5 rings (SSSR count). The van der Waals surface area contributed by atoms with E-state index >= 15 is 0 Å². The van der Waals surface area contributed by atoms with Crippen LogP contribution < -0.4 is 0 Å². The monoisotopic (exact) mass is 360 g/mol. The first-order valence-electron chi connectivity index (χ1n) is 9.98. The number of benzene rings is 1. The van der Waals surface area contributed by atoms with Gasteiger partial charge in [0.25, 0.3) is 0 Å². The van der Waals surface area contributed by atoms with Crippen LogP contribution in [0.5, 0.6) is 0 Å². The highest BCUT2D eigenvalue weighted by atomic mass is 16.7. The fourth-order valence-corrected chi connectivity index (χ4v) is 4.85. The predicted octanol–water partition coefficient (Wildman–Crippen LogP) is 3.37. The summed E-state index contributed by atoms with van der Waals surface area (Å²) in [6, 6.07) is 10.1. The number of hydrogen-bond donors (Lipinski definition) is 0. The third kappa shape index (κ3) is 3.10. The highest BCUT2D eigenvalue weighted by Crippen LogP contribution is 2.44. The summed E-state index contributed by atoms with van der Waals surface area (Å²) in [6.07, 6.45) is 5.09. The third-order valence-corrected chi connectivity index (χ3v) is 6.39. The average molecular weight is 360 g/mol. The van der Waals surface area contributed by atoms with Gasteiger partial charge < -0.3 is 23.7 Å². The molecule has 4 aliphatic heterocycles. The molecule has 4 saturated heterocycles. The summed E-state index contributed by atoms with van der Waals surface area (Å²) in [4.78, 5) is 0. The molecule has 4 aliphatic rings. The summed E-state index contributed by atoms with van der Waals surface area (Å²) >= 11 is 0. The summed E-state index contributed by atoms with van der Waals surface area (Å²) in [6.45, 7) is 3.60. The number of hydrogen-bond acceptors (Lipinski definition) is 5. The van der Waals surface area contributed by atoms with Crippen molar-refractivity contribution in [2.45, 2.75) is 81.4 Å². The van der Waals surface area contributed by atoms with Crippen LogP contribution in [0.25, 0.3) is 0 Å². The minimum atomic E-state index is -0.305. The molecule has 7 atom stereocenters. The van der Waals surface area contributed by atoms with Gasteiger partial charge in [-0.15, -0.1) is 0 Å². The lowest BCUT2D eigenvalue weighted by Crippen LogP contribution is -2.57. The Balaban J connectivity index is 1.31. The molecule has 0 amide bonds.